The molecule has 8 aromatic rings. The van der Waals surface area contributed by atoms with Crippen molar-refractivity contribution in [1.82, 2.24) is 19.5 Å². The lowest BCUT2D eigenvalue weighted by atomic mass is 9.85. The van der Waals surface area contributed by atoms with Gasteiger partial charge in [-0.15, -0.1) is 0 Å². The largest absolute Gasteiger partial charge is 0.354 e. The van der Waals surface area contributed by atoms with Gasteiger partial charge in [0.1, 0.15) is 5.82 Å². The van der Waals surface area contributed by atoms with Crippen molar-refractivity contribution in [3.05, 3.63) is 139 Å². The zero-order valence-electron chi connectivity index (χ0n) is 28.5. The van der Waals surface area contributed by atoms with Gasteiger partial charge in [0.2, 0.25) is 0 Å². The van der Waals surface area contributed by atoms with E-state index in [9.17, 15) is 0 Å². The predicted molar refractivity (Wildman–Crippen MR) is 202 cm³/mol. The third-order valence-corrected chi connectivity index (χ3v) is 9.52. The Hall–Kier alpha value is -5.48. The van der Waals surface area contributed by atoms with Gasteiger partial charge in [0.05, 0.1) is 22.2 Å². The second-order valence-corrected chi connectivity index (χ2v) is 14.9. The standard InChI is InChI=1S/C44H40N4/c1-43(2,3)30-22-23-45-38(27-30)29-15-12-14-28(24-29)33-19-13-21-39-41(33)47-42(48(39)32-16-8-7-9-17-32)36-26-31(44(4,5)6)25-35-34-18-10-11-20-37(34)46-40(35)36/h7-27,46H,1-6H3. The Morgan fingerprint density at radius 2 is 1.31 bits per heavy atom. The van der Waals surface area contributed by atoms with Gasteiger partial charge in [0.25, 0.3) is 0 Å². The summed E-state index contributed by atoms with van der Waals surface area (Å²) in [5, 5.41) is 2.45. The average Bonchev–Trinajstić information content (AvgIpc) is 3.66. The molecule has 0 radical (unpaired) electrons. The molecule has 48 heavy (non-hydrogen) atoms. The van der Waals surface area contributed by atoms with Crippen LogP contribution in [0.2, 0.25) is 0 Å². The summed E-state index contributed by atoms with van der Waals surface area (Å²) < 4.78 is 2.32. The van der Waals surface area contributed by atoms with Crippen LogP contribution in [0.25, 0.3) is 72.3 Å². The van der Waals surface area contributed by atoms with Crippen molar-refractivity contribution in [3.63, 3.8) is 0 Å². The fourth-order valence-electron chi connectivity index (χ4n) is 6.81. The molecular formula is C44H40N4. The van der Waals surface area contributed by atoms with Gasteiger partial charge in [-0.3, -0.25) is 9.55 Å². The normalized spacial score (nSPS) is 12.4. The minimum Gasteiger partial charge on any atom is -0.354 e. The van der Waals surface area contributed by atoms with E-state index in [1.165, 1.54) is 21.9 Å². The number of imidazole rings is 1. The smallest absolute Gasteiger partial charge is 0.147 e. The fourth-order valence-corrected chi connectivity index (χ4v) is 6.81. The van der Waals surface area contributed by atoms with Crippen LogP contribution in [0.4, 0.5) is 0 Å². The SMILES string of the molecule is CC(C)(C)c1ccnc(-c2cccc(-c3cccc4c3nc(-c3cc(C(C)(C)C)cc5c3[nH]c3ccccc35)n4-c3ccccc3)c2)c1. The number of fused-ring (bicyclic) bond motifs is 4. The molecule has 236 valence electrons. The van der Waals surface area contributed by atoms with E-state index in [-0.39, 0.29) is 10.8 Å². The van der Waals surface area contributed by atoms with Crippen molar-refractivity contribution in [1.29, 1.82) is 0 Å². The van der Waals surface area contributed by atoms with Crippen LogP contribution in [0.15, 0.2) is 128 Å². The van der Waals surface area contributed by atoms with Gasteiger partial charge in [-0.05, 0) is 82.1 Å². The van der Waals surface area contributed by atoms with Gasteiger partial charge in [-0.2, -0.15) is 0 Å². The highest BCUT2D eigenvalue weighted by Gasteiger charge is 2.24. The fraction of sp³-hybridized carbons (Fsp3) is 0.182. The molecule has 4 heteroatoms. The summed E-state index contributed by atoms with van der Waals surface area (Å²) in [7, 11) is 0. The summed E-state index contributed by atoms with van der Waals surface area (Å²) in [6.45, 7) is 13.6. The second kappa shape index (κ2) is 11.1. The first-order valence-corrected chi connectivity index (χ1v) is 16.8. The van der Waals surface area contributed by atoms with Crippen molar-refractivity contribution < 1.29 is 0 Å². The molecular weight excluding hydrogens is 585 g/mol. The number of hydrogen-bond donors (Lipinski definition) is 1. The summed E-state index contributed by atoms with van der Waals surface area (Å²) in [5.74, 6) is 0.919. The maximum absolute atomic E-state index is 5.56. The summed E-state index contributed by atoms with van der Waals surface area (Å²) in [6, 6.07) is 43.5. The first kappa shape index (κ1) is 29.9. The van der Waals surface area contributed by atoms with Crippen molar-refractivity contribution >= 4 is 32.8 Å². The topological polar surface area (TPSA) is 46.5 Å². The zero-order chi connectivity index (χ0) is 33.2. The number of para-hydroxylation sites is 3. The third kappa shape index (κ3) is 5.09. The summed E-state index contributed by atoms with van der Waals surface area (Å²) in [4.78, 5) is 14.1. The first-order chi connectivity index (χ1) is 23.1. The molecule has 0 fully saturated rings. The maximum Gasteiger partial charge on any atom is 0.147 e. The minimum absolute atomic E-state index is 0.0439. The summed E-state index contributed by atoms with van der Waals surface area (Å²) in [6.07, 6.45) is 1.92. The molecule has 8 rings (SSSR count). The first-order valence-electron chi connectivity index (χ1n) is 16.8. The van der Waals surface area contributed by atoms with E-state index in [0.29, 0.717) is 0 Å². The molecule has 0 saturated heterocycles. The van der Waals surface area contributed by atoms with E-state index in [0.717, 1.165) is 61.5 Å². The molecule has 0 saturated carbocycles. The molecule has 0 unspecified atom stereocenters. The van der Waals surface area contributed by atoms with Crippen LogP contribution in [0, 0.1) is 0 Å². The molecule has 1 N–H and O–H groups in total. The van der Waals surface area contributed by atoms with Crippen molar-refractivity contribution in [2.45, 2.75) is 52.4 Å². The van der Waals surface area contributed by atoms with Gasteiger partial charge in [-0.1, -0.05) is 108 Å². The molecule has 0 aliphatic heterocycles. The van der Waals surface area contributed by atoms with Gasteiger partial charge in [0.15, 0.2) is 0 Å². The Bertz CT molecular complexity index is 2470. The summed E-state index contributed by atoms with van der Waals surface area (Å²) >= 11 is 0. The Kier molecular flexibility index (Phi) is 6.89. The highest BCUT2D eigenvalue weighted by Crippen LogP contribution is 2.41. The van der Waals surface area contributed by atoms with Gasteiger partial charge < -0.3 is 4.98 Å². The number of H-pyrrole nitrogens is 1. The molecule has 3 heterocycles. The van der Waals surface area contributed by atoms with Crippen molar-refractivity contribution in [3.8, 4) is 39.5 Å². The zero-order valence-corrected chi connectivity index (χ0v) is 28.5. The predicted octanol–water partition coefficient (Wildman–Crippen LogP) is 11.7. The Morgan fingerprint density at radius 3 is 2.10 bits per heavy atom. The number of pyridine rings is 1. The van der Waals surface area contributed by atoms with Crippen LogP contribution in [0.5, 0.6) is 0 Å². The van der Waals surface area contributed by atoms with E-state index in [4.69, 9.17) is 9.97 Å². The molecule has 0 aliphatic carbocycles. The number of aromatic nitrogens is 4. The van der Waals surface area contributed by atoms with Crippen molar-refractivity contribution in [2.24, 2.45) is 0 Å². The third-order valence-electron chi connectivity index (χ3n) is 9.52. The monoisotopic (exact) mass is 624 g/mol. The van der Waals surface area contributed by atoms with E-state index < -0.39 is 0 Å². The molecule has 3 aromatic heterocycles. The van der Waals surface area contributed by atoms with Crippen LogP contribution < -0.4 is 0 Å². The molecule has 0 bridgehead atoms. The lowest BCUT2D eigenvalue weighted by Gasteiger charge is -2.21. The highest BCUT2D eigenvalue weighted by molar-refractivity contribution is 6.12. The lowest BCUT2D eigenvalue weighted by molar-refractivity contribution is 0.589. The van der Waals surface area contributed by atoms with E-state index in [1.54, 1.807) is 0 Å². The molecule has 5 aromatic carbocycles. The Morgan fingerprint density at radius 1 is 0.583 bits per heavy atom. The number of nitrogens with zero attached hydrogens (tertiary/aromatic N) is 3. The van der Waals surface area contributed by atoms with Crippen LogP contribution >= 0.6 is 0 Å². The maximum atomic E-state index is 5.56. The number of benzene rings is 5. The van der Waals surface area contributed by atoms with Crippen molar-refractivity contribution in [2.75, 3.05) is 0 Å². The Labute approximate surface area is 282 Å². The molecule has 4 nitrogen and oxygen atoms in total. The van der Waals surface area contributed by atoms with Crippen LogP contribution in [0.1, 0.15) is 52.7 Å². The lowest BCUT2D eigenvalue weighted by Crippen LogP contribution is -2.11. The molecule has 0 atom stereocenters. The number of hydrogen-bond acceptors (Lipinski definition) is 2. The molecule has 0 spiro atoms. The number of rotatable bonds is 4. The number of nitrogens with one attached hydrogen (secondary N) is 1. The van der Waals surface area contributed by atoms with Gasteiger partial charge in [0, 0.05) is 44.9 Å². The summed E-state index contributed by atoms with van der Waals surface area (Å²) in [5.41, 5.74) is 13.3. The van der Waals surface area contributed by atoms with Gasteiger partial charge >= 0.3 is 0 Å². The quantitative estimate of drug-likeness (QED) is 0.212. The molecule has 0 aliphatic rings. The average molecular weight is 625 g/mol. The van der Waals surface area contributed by atoms with E-state index in [1.807, 2.05) is 6.20 Å². The highest BCUT2D eigenvalue weighted by atomic mass is 15.1. The van der Waals surface area contributed by atoms with Crippen LogP contribution in [-0.4, -0.2) is 19.5 Å². The number of aromatic amines is 1. The van der Waals surface area contributed by atoms with E-state index >= 15 is 0 Å². The minimum atomic E-state index is -0.0468. The van der Waals surface area contributed by atoms with Gasteiger partial charge in [-0.25, -0.2) is 4.98 Å². The Balaban J connectivity index is 1.40. The van der Waals surface area contributed by atoms with Crippen LogP contribution in [-0.2, 0) is 10.8 Å². The van der Waals surface area contributed by atoms with Crippen LogP contribution in [0.3, 0.4) is 0 Å². The van der Waals surface area contributed by atoms with E-state index in [2.05, 4.69) is 172 Å². The molecule has 0 amide bonds. The second-order valence-electron chi connectivity index (χ2n) is 14.9.